The standard InChI is InChI=1S/C14H17FO2/c15-13-8-4-2-6-11(13)9-10-5-1-3-7-12(10)14(16)17/h2,4,6,8,10,12H,1,3,5,7,9H2,(H,16,17). The minimum Gasteiger partial charge on any atom is -0.481 e. The van der Waals surface area contributed by atoms with E-state index in [0.717, 1.165) is 25.7 Å². The Bertz CT molecular complexity index is 403. The maximum Gasteiger partial charge on any atom is 0.306 e. The number of carboxylic acids is 1. The number of hydrogen-bond donors (Lipinski definition) is 1. The Labute approximate surface area is 100 Å². The van der Waals surface area contributed by atoms with E-state index in [2.05, 4.69) is 0 Å². The summed E-state index contributed by atoms with van der Waals surface area (Å²) in [6.45, 7) is 0. The van der Waals surface area contributed by atoms with E-state index in [9.17, 15) is 9.18 Å². The van der Waals surface area contributed by atoms with E-state index in [0.29, 0.717) is 12.0 Å². The summed E-state index contributed by atoms with van der Waals surface area (Å²) in [5, 5.41) is 9.16. The van der Waals surface area contributed by atoms with Crippen molar-refractivity contribution in [2.24, 2.45) is 11.8 Å². The van der Waals surface area contributed by atoms with Crippen LogP contribution in [-0.4, -0.2) is 11.1 Å². The van der Waals surface area contributed by atoms with Crippen molar-refractivity contribution in [1.82, 2.24) is 0 Å². The largest absolute Gasteiger partial charge is 0.481 e. The molecule has 0 aliphatic heterocycles. The van der Waals surface area contributed by atoms with Crippen LogP contribution in [0.2, 0.25) is 0 Å². The second kappa shape index (κ2) is 5.30. The first kappa shape index (κ1) is 12.1. The Morgan fingerprint density at radius 2 is 2.00 bits per heavy atom. The second-order valence-corrected chi connectivity index (χ2v) is 4.78. The highest BCUT2D eigenvalue weighted by molar-refractivity contribution is 5.70. The zero-order valence-corrected chi connectivity index (χ0v) is 9.73. The van der Waals surface area contributed by atoms with Gasteiger partial charge in [0.15, 0.2) is 0 Å². The molecule has 2 unspecified atom stereocenters. The molecule has 2 nitrogen and oxygen atoms in total. The number of halogens is 1. The molecule has 17 heavy (non-hydrogen) atoms. The first-order chi connectivity index (χ1) is 8.18. The number of rotatable bonds is 3. The molecule has 0 aromatic heterocycles. The SMILES string of the molecule is O=C(O)C1CCCCC1Cc1ccccc1F. The average Bonchev–Trinajstić information content (AvgIpc) is 2.32. The van der Waals surface area contributed by atoms with E-state index in [4.69, 9.17) is 5.11 Å². The highest BCUT2D eigenvalue weighted by atomic mass is 19.1. The smallest absolute Gasteiger partial charge is 0.306 e. The van der Waals surface area contributed by atoms with Gasteiger partial charge >= 0.3 is 5.97 Å². The molecule has 1 aromatic carbocycles. The minimum absolute atomic E-state index is 0.0816. The van der Waals surface area contributed by atoms with Crippen LogP contribution in [0.4, 0.5) is 4.39 Å². The van der Waals surface area contributed by atoms with Gasteiger partial charge < -0.3 is 5.11 Å². The minimum atomic E-state index is -0.731. The molecular weight excluding hydrogens is 219 g/mol. The van der Waals surface area contributed by atoms with Crippen LogP contribution >= 0.6 is 0 Å². The molecule has 0 saturated heterocycles. The van der Waals surface area contributed by atoms with Crippen LogP contribution in [-0.2, 0) is 11.2 Å². The van der Waals surface area contributed by atoms with E-state index in [1.54, 1.807) is 18.2 Å². The van der Waals surface area contributed by atoms with Crippen LogP contribution in [0.5, 0.6) is 0 Å². The van der Waals surface area contributed by atoms with Crippen LogP contribution in [0.15, 0.2) is 24.3 Å². The van der Waals surface area contributed by atoms with Crippen molar-refractivity contribution in [2.75, 3.05) is 0 Å². The van der Waals surface area contributed by atoms with Crippen LogP contribution in [0.3, 0.4) is 0 Å². The predicted octanol–water partition coefficient (Wildman–Crippen LogP) is 3.26. The fraction of sp³-hybridized carbons (Fsp3) is 0.500. The van der Waals surface area contributed by atoms with Gasteiger partial charge in [-0.2, -0.15) is 0 Å². The first-order valence-corrected chi connectivity index (χ1v) is 6.14. The Balaban J connectivity index is 2.11. The molecule has 3 heteroatoms. The van der Waals surface area contributed by atoms with Gasteiger partial charge in [-0.25, -0.2) is 4.39 Å². The summed E-state index contributed by atoms with van der Waals surface area (Å²) < 4.78 is 13.5. The Morgan fingerprint density at radius 1 is 1.29 bits per heavy atom. The number of carbonyl (C=O) groups is 1. The van der Waals surface area contributed by atoms with Gasteiger partial charge in [0.2, 0.25) is 0 Å². The molecule has 0 heterocycles. The van der Waals surface area contributed by atoms with Crippen LogP contribution in [0.25, 0.3) is 0 Å². The summed E-state index contributed by atoms with van der Waals surface area (Å²) in [4.78, 5) is 11.1. The van der Waals surface area contributed by atoms with Gasteiger partial charge in [-0.3, -0.25) is 4.79 Å². The number of aliphatic carboxylic acids is 1. The molecule has 1 saturated carbocycles. The molecule has 0 bridgehead atoms. The van der Waals surface area contributed by atoms with Gasteiger partial charge in [-0.05, 0) is 36.8 Å². The lowest BCUT2D eigenvalue weighted by Gasteiger charge is -2.28. The first-order valence-electron chi connectivity index (χ1n) is 6.14. The van der Waals surface area contributed by atoms with E-state index < -0.39 is 5.97 Å². The highest BCUT2D eigenvalue weighted by Crippen LogP contribution is 2.33. The maximum atomic E-state index is 13.5. The number of benzene rings is 1. The predicted molar refractivity (Wildman–Crippen MR) is 63.2 cm³/mol. The second-order valence-electron chi connectivity index (χ2n) is 4.78. The number of hydrogen-bond acceptors (Lipinski definition) is 1. The molecule has 1 aromatic rings. The summed E-state index contributed by atoms with van der Waals surface area (Å²) in [5.41, 5.74) is 0.644. The molecule has 0 spiro atoms. The van der Waals surface area contributed by atoms with Gasteiger partial charge in [-0.1, -0.05) is 31.0 Å². The molecule has 1 aliphatic carbocycles. The molecule has 1 aliphatic rings. The highest BCUT2D eigenvalue weighted by Gasteiger charge is 2.31. The lowest BCUT2D eigenvalue weighted by molar-refractivity contribution is -0.144. The third-order valence-corrected chi connectivity index (χ3v) is 3.67. The topological polar surface area (TPSA) is 37.3 Å². The molecular formula is C14H17FO2. The maximum absolute atomic E-state index is 13.5. The summed E-state index contributed by atoms with van der Waals surface area (Å²) >= 11 is 0. The Hall–Kier alpha value is -1.38. The van der Waals surface area contributed by atoms with Crippen LogP contribution < -0.4 is 0 Å². The van der Waals surface area contributed by atoms with Crippen molar-refractivity contribution in [2.45, 2.75) is 32.1 Å². The van der Waals surface area contributed by atoms with E-state index in [-0.39, 0.29) is 17.7 Å². The van der Waals surface area contributed by atoms with E-state index >= 15 is 0 Å². The molecule has 92 valence electrons. The third kappa shape index (κ3) is 2.84. The summed E-state index contributed by atoms with van der Waals surface area (Å²) in [6.07, 6.45) is 4.21. The van der Waals surface area contributed by atoms with Crippen molar-refractivity contribution in [3.63, 3.8) is 0 Å². The van der Waals surface area contributed by atoms with Crippen molar-refractivity contribution >= 4 is 5.97 Å². The fourth-order valence-electron chi connectivity index (χ4n) is 2.72. The Morgan fingerprint density at radius 3 is 2.71 bits per heavy atom. The van der Waals surface area contributed by atoms with Gasteiger partial charge in [-0.15, -0.1) is 0 Å². The lowest BCUT2D eigenvalue weighted by atomic mass is 9.76. The van der Waals surface area contributed by atoms with Crippen molar-refractivity contribution in [1.29, 1.82) is 0 Å². The van der Waals surface area contributed by atoms with Crippen LogP contribution in [0, 0.1) is 17.7 Å². The average molecular weight is 236 g/mol. The van der Waals surface area contributed by atoms with Gasteiger partial charge in [0.1, 0.15) is 5.82 Å². The summed E-state index contributed by atoms with van der Waals surface area (Å²) in [7, 11) is 0. The van der Waals surface area contributed by atoms with Crippen molar-refractivity contribution < 1.29 is 14.3 Å². The molecule has 0 amide bonds. The lowest BCUT2D eigenvalue weighted by Crippen LogP contribution is -2.28. The molecule has 0 radical (unpaired) electrons. The van der Waals surface area contributed by atoms with Crippen molar-refractivity contribution in [3.05, 3.63) is 35.6 Å². The van der Waals surface area contributed by atoms with Gasteiger partial charge in [0.05, 0.1) is 5.92 Å². The van der Waals surface area contributed by atoms with E-state index in [1.165, 1.54) is 6.07 Å². The molecule has 1 N–H and O–H groups in total. The zero-order chi connectivity index (χ0) is 12.3. The third-order valence-electron chi connectivity index (χ3n) is 3.67. The zero-order valence-electron chi connectivity index (χ0n) is 9.73. The molecule has 2 rings (SSSR count). The van der Waals surface area contributed by atoms with Crippen molar-refractivity contribution in [3.8, 4) is 0 Å². The van der Waals surface area contributed by atoms with Gasteiger partial charge in [0.25, 0.3) is 0 Å². The summed E-state index contributed by atoms with van der Waals surface area (Å²) in [5.74, 6) is -1.17. The fourth-order valence-corrected chi connectivity index (χ4v) is 2.72. The monoisotopic (exact) mass is 236 g/mol. The normalized spacial score (nSPS) is 24.5. The summed E-state index contributed by atoms with van der Waals surface area (Å²) in [6, 6.07) is 6.65. The number of carboxylic acid groups (broad SMARTS) is 1. The molecule has 2 atom stereocenters. The molecule has 1 fully saturated rings. The Kier molecular flexibility index (Phi) is 3.77. The van der Waals surface area contributed by atoms with E-state index in [1.807, 2.05) is 0 Å². The van der Waals surface area contributed by atoms with Gasteiger partial charge in [0, 0.05) is 0 Å². The van der Waals surface area contributed by atoms with Crippen LogP contribution in [0.1, 0.15) is 31.2 Å². The quantitative estimate of drug-likeness (QED) is 0.874.